The zero-order valence-corrected chi connectivity index (χ0v) is 11.5. The fourth-order valence-electron chi connectivity index (χ4n) is 2.04. The van der Waals surface area contributed by atoms with E-state index in [0.29, 0.717) is 12.8 Å². The molecule has 21 heavy (non-hydrogen) atoms. The Balaban J connectivity index is 2.31. The molecule has 1 aliphatic rings. The maximum absolute atomic E-state index is 13.5. The van der Waals surface area contributed by atoms with Gasteiger partial charge in [-0.15, -0.1) is 0 Å². The average molecular weight is 323 g/mol. The maximum Gasteiger partial charge on any atom is 0.304 e. The van der Waals surface area contributed by atoms with Crippen molar-refractivity contribution in [3.05, 3.63) is 29.6 Å². The Hall–Kier alpha value is -1.61. The molecule has 0 spiro atoms. The van der Waals surface area contributed by atoms with E-state index >= 15 is 0 Å². The molecule has 0 bridgehead atoms. The van der Waals surface area contributed by atoms with Gasteiger partial charge in [-0.1, -0.05) is 0 Å². The van der Waals surface area contributed by atoms with E-state index in [9.17, 15) is 26.4 Å². The molecule has 116 valence electrons. The number of aliphatic carboxylic acids is 1. The molecule has 0 heterocycles. The van der Waals surface area contributed by atoms with Gasteiger partial charge in [-0.3, -0.25) is 4.79 Å². The molecule has 0 amide bonds. The molecule has 9 heteroatoms. The molecular weight excluding hydrogens is 311 g/mol. The van der Waals surface area contributed by atoms with Gasteiger partial charge in [-0.05, 0) is 18.8 Å². The monoisotopic (exact) mass is 323 g/mol. The fraction of sp³-hybridized carbons (Fsp3) is 0.417. The van der Waals surface area contributed by atoms with Crippen molar-refractivity contribution in [2.24, 2.45) is 5.92 Å². The molecule has 0 radical (unpaired) electrons. The SMILES string of the molecule is O=C(O)CC(NS(=O)(=O)c1c(F)cc(F)cc1F)C1CC1. The van der Waals surface area contributed by atoms with E-state index in [4.69, 9.17) is 5.11 Å². The van der Waals surface area contributed by atoms with Crippen molar-refractivity contribution in [1.29, 1.82) is 0 Å². The van der Waals surface area contributed by atoms with Crippen molar-refractivity contribution in [1.82, 2.24) is 4.72 Å². The molecule has 1 aromatic carbocycles. The van der Waals surface area contributed by atoms with E-state index < -0.39 is 50.8 Å². The second-order valence-electron chi connectivity index (χ2n) is 4.86. The third-order valence-corrected chi connectivity index (χ3v) is 4.66. The summed E-state index contributed by atoms with van der Waals surface area (Å²) in [5.74, 6) is -5.78. The first-order valence-electron chi connectivity index (χ1n) is 6.09. The van der Waals surface area contributed by atoms with Gasteiger partial charge in [0.25, 0.3) is 0 Å². The number of sulfonamides is 1. The number of carbonyl (C=O) groups is 1. The van der Waals surface area contributed by atoms with Crippen LogP contribution in [0.25, 0.3) is 0 Å². The molecule has 5 nitrogen and oxygen atoms in total. The molecule has 1 saturated carbocycles. The Labute approximate surface area is 118 Å². The highest BCUT2D eigenvalue weighted by atomic mass is 32.2. The van der Waals surface area contributed by atoms with Crippen LogP contribution >= 0.6 is 0 Å². The van der Waals surface area contributed by atoms with Gasteiger partial charge < -0.3 is 5.11 Å². The number of hydrogen-bond donors (Lipinski definition) is 2. The molecule has 1 unspecified atom stereocenters. The number of benzene rings is 1. The van der Waals surface area contributed by atoms with Crippen LogP contribution in [0, 0.1) is 23.4 Å². The summed E-state index contributed by atoms with van der Waals surface area (Å²) in [5.41, 5.74) is 0. The summed E-state index contributed by atoms with van der Waals surface area (Å²) in [6.45, 7) is 0. The van der Waals surface area contributed by atoms with E-state index in [-0.39, 0.29) is 18.1 Å². The first kappa shape index (κ1) is 15.8. The Morgan fingerprint density at radius 2 is 1.81 bits per heavy atom. The molecule has 0 saturated heterocycles. The summed E-state index contributed by atoms with van der Waals surface area (Å²) >= 11 is 0. The molecule has 1 fully saturated rings. The van der Waals surface area contributed by atoms with Crippen molar-refractivity contribution in [2.75, 3.05) is 0 Å². The fourth-order valence-corrected chi connectivity index (χ4v) is 3.46. The average Bonchev–Trinajstić information content (AvgIpc) is 3.07. The van der Waals surface area contributed by atoms with Crippen LogP contribution < -0.4 is 4.72 Å². The zero-order chi connectivity index (χ0) is 15.8. The van der Waals surface area contributed by atoms with Crippen molar-refractivity contribution in [2.45, 2.75) is 30.2 Å². The predicted octanol–water partition coefficient (Wildman–Crippen LogP) is 1.64. The highest BCUT2D eigenvalue weighted by Gasteiger charge is 2.37. The first-order valence-corrected chi connectivity index (χ1v) is 7.57. The zero-order valence-electron chi connectivity index (χ0n) is 10.6. The van der Waals surface area contributed by atoms with E-state index in [1.165, 1.54) is 0 Å². The molecule has 1 aromatic rings. The van der Waals surface area contributed by atoms with E-state index in [1.807, 2.05) is 4.72 Å². The van der Waals surface area contributed by atoms with Crippen LogP contribution in [0.1, 0.15) is 19.3 Å². The molecule has 2 N–H and O–H groups in total. The Kier molecular flexibility index (Phi) is 4.24. The third kappa shape index (κ3) is 3.73. The maximum atomic E-state index is 13.5. The summed E-state index contributed by atoms with van der Waals surface area (Å²) in [5, 5.41) is 8.74. The van der Waals surface area contributed by atoms with E-state index in [2.05, 4.69) is 0 Å². The van der Waals surface area contributed by atoms with Crippen LogP contribution in [0.2, 0.25) is 0 Å². The molecule has 0 aliphatic heterocycles. The van der Waals surface area contributed by atoms with Gasteiger partial charge in [0.05, 0.1) is 6.42 Å². The number of carboxylic acid groups (broad SMARTS) is 1. The van der Waals surface area contributed by atoms with Crippen LogP contribution in [0.4, 0.5) is 13.2 Å². The van der Waals surface area contributed by atoms with Crippen molar-refractivity contribution in [3.63, 3.8) is 0 Å². The highest BCUT2D eigenvalue weighted by Crippen LogP contribution is 2.35. The molecule has 1 atom stereocenters. The standard InChI is InChI=1S/C12H12F3NO4S/c13-7-3-8(14)12(9(15)4-7)21(19,20)16-10(5-11(17)18)6-1-2-6/h3-4,6,10,16H,1-2,5H2,(H,17,18). The minimum atomic E-state index is -4.62. The summed E-state index contributed by atoms with van der Waals surface area (Å²) in [4.78, 5) is 9.40. The summed E-state index contributed by atoms with van der Waals surface area (Å²) in [7, 11) is -4.62. The first-order chi connectivity index (χ1) is 9.70. The highest BCUT2D eigenvalue weighted by molar-refractivity contribution is 7.89. The van der Waals surface area contributed by atoms with Gasteiger partial charge >= 0.3 is 5.97 Å². The topological polar surface area (TPSA) is 83.5 Å². The van der Waals surface area contributed by atoms with Crippen LogP contribution in [0.15, 0.2) is 17.0 Å². The van der Waals surface area contributed by atoms with Gasteiger partial charge in [0.15, 0.2) is 4.90 Å². The quantitative estimate of drug-likeness (QED) is 0.833. The molecule has 1 aliphatic carbocycles. The van der Waals surface area contributed by atoms with Crippen molar-refractivity contribution in [3.8, 4) is 0 Å². The summed E-state index contributed by atoms with van der Waals surface area (Å²) < 4.78 is 65.8. The smallest absolute Gasteiger partial charge is 0.304 e. The van der Waals surface area contributed by atoms with Gasteiger partial charge in [0.1, 0.15) is 17.5 Å². The van der Waals surface area contributed by atoms with Crippen molar-refractivity contribution < 1.29 is 31.5 Å². The number of rotatable bonds is 6. The molecular formula is C12H12F3NO4S. The largest absolute Gasteiger partial charge is 0.481 e. The number of hydrogen-bond acceptors (Lipinski definition) is 3. The lowest BCUT2D eigenvalue weighted by Crippen LogP contribution is -2.38. The van der Waals surface area contributed by atoms with Gasteiger partial charge in [-0.2, -0.15) is 0 Å². The van der Waals surface area contributed by atoms with Crippen LogP contribution in [0.3, 0.4) is 0 Å². The number of nitrogens with one attached hydrogen (secondary N) is 1. The van der Waals surface area contributed by atoms with Gasteiger partial charge in [0.2, 0.25) is 10.0 Å². The summed E-state index contributed by atoms with van der Waals surface area (Å²) in [6, 6.07) is -0.446. The normalized spacial score (nSPS) is 16.7. The minimum absolute atomic E-state index is 0.178. The number of halogens is 3. The van der Waals surface area contributed by atoms with Crippen molar-refractivity contribution >= 4 is 16.0 Å². The van der Waals surface area contributed by atoms with E-state index in [0.717, 1.165) is 0 Å². The lowest BCUT2D eigenvalue weighted by molar-refractivity contribution is -0.137. The van der Waals surface area contributed by atoms with Crippen LogP contribution in [-0.2, 0) is 14.8 Å². The molecule has 0 aromatic heterocycles. The lowest BCUT2D eigenvalue weighted by atomic mass is 10.1. The van der Waals surface area contributed by atoms with Gasteiger partial charge in [-0.25, -0.2) is 26.3 Å². The Morgan fingerprint density at radius 3 is 2.24 bits per heavy atom. The Bertz CT molecular complexity index is 650. The third-order valence-electron chi connectivity index (χ3n) is 3.12. The summed E-state index contributed by atoms with van der Waals surface area (Å²) in [6.07, 6.45) is 0.776. The molecule has 2 rings (SSSR count). The van der Waals surface area contributed by atoms with Crippen LogP contribution in [0.5, 0.6) is 0 Å². The van der Waals surface area contributed by atoms with Crippen LogP contribution in [-0.4, -0.2) is 25.5 Å². The Morgan fingerprint density at radius 1 is 1.29 bits per heavy atom. The second-order valence-corrected chi connectivity index (χ2v) is 6.51. The minimum Gasteiger partial charge on any atom is -0.481 e. The predicted molar refractivity (Wildman–Crippen MR) is 65.4 cm³/mol. The lowest BCUT2D eigenvalue weighted by Gasteiger charge is -2.17. The van der Waals surface area contributed by atoms with Gasteiger partial charge in [0, 0.05) is 18.2 Å². The number of carboxylic acids is 1. The second kappa shape index (κ2) is 5.64. The van der Waals surface area contributed by atoms with E-state index in [1.54, 1.807) is 0 Å².